The van der Waals surface area contributed by atoms with E-state index in [0.717, 1.165) is 11.1 Å². The molecular weight excluding hydrogens is 270 g/mol. The van der Waals surface area contributed by atoms with Crippen LogP contribution in [0.3, 0.4) is 0 Å². The lowest BCUT2D eigenvalue weighted by Gasteiger charge is -2.24. The smallest absolute Gasteiger partial charge is 0.212 e. The number of benzene rings is 2. The Hall–Kier alpha value is -1.39. The Kier molecular flexibility index (Phi) is 3.30. The Morgan fingerprint density at radius 1 is 1.10 bits per heavy atom. The van der Waals surface area contributed by atoms with Gasteiger partial charge in [-0.25, -0.2) is 8.42 Å². The third-order valence-electron chi connectivity index (χ3n) is 4.01. The summed E-state index contributed by atoms with van der Waals surface area (Å²) in [4.78, 5) is 0. The van der Waals surface area contributed by atoms with Crippen molar-refractivity contribution in [2.45, 2.75) is 32.9 Å². The molecule has 0 radical (unpaired) electrons. The van der Waals surface area contributed by atoms with E-state index >= 15 is 0 Å². The number of fused-ring (bicyclic) bond motifs is 3. The topological polar surface area (TPSA) is 37.4 Å². The first-order valence-electron chi connectivity index (χ1n) is 6.98. The summed E-state index contributed by atoms with van der Waals surface area (Å²) in [5.74, 6) is 0.205. The van der Waals surface area contributed by atoms with Crippen molar-refractivity contribution < 1.29 is 8.42 Å². The molecule has 106 valence electrons. The lowest BCUT2D eigenvalue weighted by molar-refractivity contribution is 0.352. The average Bonchev–Trinajstić information content (AvgIpc) is 2.55. The molecular formula is C16H19NO2S. The van der Waals surface area contributed by atoms with Gasteiger partial charge in [0, 0.05) is 12.6 Å². The van der Waals surface area contributed by atoms with Gasteiger partial charge < -0.3 is 0 Å². The van der Waals surface area contributed by atoms with Crippen LogP contribution in [-0.2, 0) is 23.0 Å². The third-order valence-corrected chi connectivity index (χ3v) is 6.00. The molecule has 0 saturated carbocycles. The van der Waals surface area contributed by atoms with Crippen LogP contribution >= 0.6 is 0 Å². The Balaban J connectivity index is 2.21. The summed E-state index contributed by atoms with van der Waals surface area (Å²) in [7, 11) is -3.16. The molecule has 0 aliphatic carbocycles. The highest BCUT2D eigenvalue weighted by Gasteiger charge is 2.29. The van der Waals surface area contributed by atoms with Gasteiger partial charge in [-0.2, -0.15) is 4.31 Å². The monoisotopic (exact) mass is 289 g/mol. The van der Waals surface area contributed by atoms with Crippen LogP contribution in [0.5, 0.6) is 0 Å². The van der Waals surface area contributed by atoms with Crippen molar-refractivity contribution >= 4 is 20.8 Å². The van der Waals surface area contributed by atoms with Gasteiger partial charge in [0.2, 0.25) is 10.0 Å². The van der Waals surface area contributed by atoms with Crippen LogP contribution in [0.4, 0.5) is 0 Å². The van der Waals surface area contributed by atoms with Crippen LogP contribution < -0.4 is 0 Å². The van der Waals surface area contributed by atoms with Gasteiger partial charge in [0.15, 0.2) is 0 Å². The predicted molar refractivity (Wildman–Crippen MR) is 82.1 cm³/mol. The van der Waals surface area contributed by atoms with E-state index in [1.54, 1.807) is 4.31 Å². The van der Waals surface area contributed by atoms with Gasteiger partial charge in [-0.15, -0.1) is 0 Å². The molecule has 3 nitrogen and oxygen atoms in total. The van der Waals surface area contributed by atoms with Crippen molar-refractivity contribution in [1.82, 2.24) is 4.31 Å². The average molecular weight is 289 g/mol. The van der Waals surface area contributed by atoms with Crippen LogP contribution in [0.25, 0.3) is 10.8 Å². The molecule has 0 aromatic heterocycles. The molecule has 3 rings (SSSR count). The third kappa shape index (κ3) is 2.23. The van der Waals surface area contributed by atoms with Gasteiger partial charge in [0.05, 0.1) is 5.75 Å². The maximum atomic E-state index is 12.4. The van der Waals surface area contributed by atoms with Crippen molar-refractivity contribution in [3.8, 4) is 0 Å². The van der Waals surface area contributed by atoms with E-state index in [1.165, 1.54) is 10.8 Å². The van der Waals surface area contributed by atoms with E-state index in [1.807, 2.05) is 26.0 Å². The normalized spacial score (nSPS) is 18.9. The summed E-state index contributed by atoms with van der Waals surface area (Å²) in [6, 6.07) is 12.4. The standard InChI is InChI=1S/C16H19NO2S/c1-12(2)17-11-16-14(9-10-20(17,18)19)8-7-13-5-3-4-6-15(13)16/h3-8,12H,9-11H2,1-2H3. The van der Waals surface area contributed by atoms with E-state index in [4.69, 9.17) is 0 Å². The van der Waals surface area contributed by atoms with Crippen LogP contribution in [0.15, 0.2) is 36.4 Å². The van der Waals surface area contributed by atoms with Crippen LogP contribution in [0, 0.1) is 0 Å². The molecule has 0 saturated heterocycles. The molecule has 2 aromatic carbocycles. The maximum absolute atomic E-state index is 12.4. The molecule has 0 bridgehead atoms. The number of hydrogen-bond donors (Lipinski definition) is 0. The van der Waals surface area contributed by atoms with Gasteiger partial charge >= 0.3 is 0 Å². The molecule has 0 fully saturated rings. The highest BCUT2D eigenvalue weighted by molar-refractivity contribution is 7.89. The van der Waals surface area contributed by atoms with E-state index in [2.05, 4.69) is 24.3 Å². The maximum Gasteiger partial charge on any atom is 0.214 e. The lowest BCUT2D eigenvalue weighted by Crippen LogP contribution is -2.36. The van der Waals surface area contributed by atoms with E-state index in [9.17, 15) is 8.42 Å². The molecule has 0 amide bonds. The molecule has 2 aromatic rings. The van der Waals surface area contributed by atoms with E-state index < -0.39 is 10.0 Å². The Morgan fingerprint density at radius 3 is 2.60 bits per heavy atom. The van der Waals surface area contributed by atoms with Crippen molar-refractivity contribution in [1.29, 1.82) is 0 Å². The zero-order valence-electron chi connectivity index (χ0n) is 11.8. The predicted octanol–water partition coefficient (Wildman–Crippen LogP) is 2.94. The molecule has 1 aliphatic heterocycles. The van der Waals surface area contributed by atoms with Gasteiger partial charge in [0.25, 0.3) is 0 Å². The molecule has 0 unspecified atom stereocenters. The fraction of sp³-hybridized carbons (Fsp3) is 0.375. The molecule has 0 spiro atoms. The summed E-state index contributed by atoms with van der Waals surface area (Å²) in [5, 5.41) is 2.35. The Morgan fingerprint density at radius 2 is 1.85 bits per heavy atom. The Labute approximate surface area is 120 Å². The lowest BCUT2D eigenvalue weighted by atomic mass is 9.97. The molecule has 1 heterocycles. The molecule has 0 N–H and O–H groups in total. The summed E-state index contributed by atoms with van der Waals surface area (Å²) in [5.41, 5.74) is 2.33. The highest BCUT2D eigenvalue weighted by Crippen LogP contribution is 2.29. The zero-order valence-corrected chi connectivity index (χ0v) is 12.7. The van der Waals surface area contributed by atoms with Gasteiger partial charge in [0.1, 0.15) is 0 Å². The minimum absolute atomic E-state index is 0.00933. The Bertz CT molecular complexity index is 750. The first-order chi connectivity index (χ1) is 9.49. The van der Waals surface area contributed by atoms with E-state index in [-0.39, 0.29) is 11.8 Å². The molecule has 0 atom stereocenters. The highest BCUT2D eigenvalue weighted by atomic mass is 32.2. The number of hydrogen-bond acceptors (Lipinski definition) is 2. The minimum atomic E-state index is -3.16. The largest absolute Gasteiger partial charge is 0.214 e. The fourth-order valence-corrected chi connectivity index (χ4v) is 4.60. The van der Waals surface area contributed by atoms with Crippen molar-refractivity contribution in [2.75, 3.05) is 5.75 Å². The number of sulfonamides is 1. The summed E-state index contributed by atoms with van der Waals surface area (Å²) >= 11 is 0. The van der Waals surface area contributed by atoms with Crippen LogP contribution in [0.1, 0.15) is 25.0 Å². The summed E-state index contributed by atoms with van der Waals surface area (Å²) < 4.78 is 26.4. The second-order valence-corrected chi connectivity index (χ2v) is 7.67. The SMILES string of the molecule is CC(C)N1Cc2c(ccc3ccccc23)CCS1(=O)=O. The first kappa shape index (κ1) is 13.6. The summed E-state index contributed by atoms with van der Waals surface area (Å²) in [6.45, 7) is 4.36. The molecule has 4 heteroatoms. The number of aryl methyl sites for hydroxylation is 1. The quantitative estimate of drug-likeness (QED) is 0.809. The first-order valence-corrected chi connectivity index (χ1v) is 8.59. The van der Waals surface area contributed by atoms with E-state index in [0.29, 0.717) is 13.0 Å². The van der Waals surface area contributed by atoms with Gasteiger partial charge in [-0.3, -0.25) is 0 Å². The fourth-order valence-electron chi connectivity index (χ4n) is 2.92. The molecule has 1 aliphatic rings. The second kappa shape index (κ2) is 4.86. The van der Waals surface area contributed by atoms with Gasteiger partial charge in [-0.1, -0.05) is 36.4 Å². The van der Waals surface area contributed by atoms with Crippen LogP contribution in [-0.4, -0.2) is 24.5 Å². The summed E-state index contributed by atoms with van der Waals surface area (Å²) in [6.07, 6.45) is 0.603. The number of rotatable bonds is 1. The van der Waals surface area contributed by atoms with Gasteiger partial charge in [-0.05, 0) is 42.2 Å². The second-order valence-electron chi connectivity index (χ2n) is 5.63. The van der Waals surface area contributed by atoms with Crippen molar-refractivity contribution in [3.05, 3.63) is 47.5 Å². The van der Waals surface area contributed by atoms with Crippen molar-refractivity contribution in [3.63, 3.8) is 0 Å². The number of nitrogens with zero attached hydrogens (tertiary/aromatic N) is 1. The van der Waals surface area contributed by atoms with Crippen molar-refractivity contribution in [2.24, 2.45) is 0 Å². The molecule has 20 heavy (non-hydrogen) atoms. The van der Waals surface area contributed by atoms with Crippen LogP contribution in [0.2, 0.25) is 0 Å². The minimum Gasteiger partial charge on any atom is -0.212 e. The zero-order chi connectivity index (χ0) is 14.3.